The number of fused-ring (bicyclic) bond motifs is 1. The van der Waals surface area contributed by atoms with E-state index in [0.717, 1.165) is 35.2 Å². The molecule has 5 nitrogen and oxygen atoms in total. The van der Waals surface area contributed by atoms with Gasteiger partial charge in [0.1, 0.15) is 6.04 Å². The van der Waals surface area contributed by atoms with Gasteiger partial charge in [-0.2, -0.15) is 0 Å². The predicted molar refractivity (Wildman–Crippen MR) is 81.2 cm³/mol. The van der Waals surface area contributed by atoms with E-state index in [2.05, 4.69) is 22.4 Å². The summed E-state index contributed by atoms with van der Waals surface area (Å²) in [5.41, 5.74) is 3.11. The van der Waals surface area contributed by atoms with Crippen molar-refractivity contribution in [2.45, 2.75) is 19.5 Å². The van der Waals surface area contributed by atoms with Crippen LogP contribution in [0.15, 0.2) is 30.3 Å². The van der Waals surface area contributed by atoms with Crippen LogP contribution in [0.25, 0.3) is 10.9 Å². The molecule has 1 aromatic carbocycles. The average Bonchev–Trinajstić information content (AvgIpc) is 2.48. The topological polar surface area (TPSA) is 65.5 Å². The number of piperazine rings is 1. The molecular formula is C16H19N3O2. The van der Waals surface area contributed by atoms with Gasteiger partial charge in [0.2, 0.25) is 0 Å². The Hall–Kier alpha value is -1.98. The van der Waals surface area contributed by atoms with Crippen LogP contribution in [0.1, 0.15) is 11.3 Å². The molecule has 5 heteroatoms. The lowest BCUT2D eigenvalue weighted by Crippen LogP contribution is -2.54. The van der Waals surface area contributed by atoms with Crippen LogP contribution >= 0.6 is 0 Å². The number of aliphatic carboxylic acids is 1. The highest BCUT2D eigenvalue weighted by Gasteiger charge is 2.28. The van der Waals surface area contributed by atoms with Crippen LogP contribution in [0.5, 0.6) is 0 Å². The van der Waals surface area contributed by atoms with E-state index in [-0.39, 0.29) is 0 Å². The van der Waals surface area contributed by atoms with Crippen molar-refractivity contribution in [2.24, 2.45) is 0 Å². The summed E-state index contributed by atoms with van der Waals surface area (Å²) in [6.07, 6.45) is 0. The number of aryl methyl sites for hydroxylation is 1. The first-order valence-electron chi connectivity index (χ1n) is 7.17. The number of benzene rings is 1. The Labute approximate surface area is 123 Å². The van der Waals surface area contributed by atoms with Crippen LogP contribution in [0.2, 0.25) is 0 Å². The van der Waals surface area contributed by atoms with E-state index in [1.54, 1.807) is 0 Å². The lowest BCUT2D eigenvalue weighted by Gasteiger charge is -2.33. The number of carboxylic acids is 1. The molecule has 0 spiro atoms. The first-order valence-corrected chi connectivity index (χ1v) is 7.17. The molecule has 2 aromatic rings. The van der Waals surface area contributed by atoms with Crippen LogP contribution in [-0.4, -0.2) is 46.6 Å². The fourth-order valence-electron chi connectivity index (χ4n) is 2.79. The Bertz CT molecular complexity index is 672. The summed E-state index contributed by atoms with van der Waals surface area (Å²) < 4.78 is 0. The lowest BCUT2D eigenvalue weighted by molar-refractivity contribution is -0.144. The third-order valence-corrected chi connectivity index (χ3v) is 3.92. The maximum absolute atomic E-state index is 11.3. The first kappa shape index (κ1) is 14.0. The molecule has 1 saturated heterocycles. The van der Waals surface area contributed by atoms with Crippen molar-refractivity contribution in [3.63, 3.8) is 0 Å². The summed E-state index contributed by atoms with van der Waals surface area (Å²) in [5.74, 6) is -0.764. The number of carboxylic acid groups (broad SMARTS) is 1. The molecule has 1 aromatic heterocycles. The van der Waals surface area contributed by atoms with Gasteiger partial charge in [-0.3, -0.25) is 14.7 Å². The van der Waals surface area contributed by atoms with Crippen molar-refractivity contribution in [3.8, 4) is 0 Å². The molecule has 1 aliphatic heterocycles. The van der Waals surface area contributed by atoms with Gasteiger partial charge < -0.3 is 10.4 Å². The Morgan fingerprint density at radius 1 is 1.43 bits per heavy atom. The van der Waals surface area contributed by atoms with Gasteiger partial charge in [0.15, 0.2) is 0 Å². The monoisotopic (exact) mass is 285 g/mol. The van der Waals surface area contributed by atoms with E-state index in [0.29, 0.717) is 13.1 Å². The van der Waals surface area contributed by atoms with Crippen molar-refractivity contribution in [2.75, 3.05) is 19.6 Å². The highest BCUT2D eigenvalue weighted by molar-refractivity contribution is 5.79. The third kappa shape index (κ3) is 3.04. The van der Waals surface area contributed by atoms with E-state index < -0.39 is 12.0 Å². The summed E-state index contributed by atoms with van der Waals surface area (Å²) in [6.45, 7) is 4.72. The SMILES string of the molecule is Cc1ccc2cc(CN3CCNCC3C(=O)O)ccc2n1. The quantitative estimate of drug-likeness (QED) is 0.892. The first-order chi connectivity index (χ1) is 10.1. The van der Waals surface area contributed by atoms with Crippen LogP contribution in [-0.2, 0) is 11.3 Å². The number of rotatable bonds is 3. The van der Waals surface area contributed by atoms with Crippen LogP contribution in [0.4, 0.5) is 0 Å². The number of carbonyl (C=O) groups is 1. The van der Waals surface area contributed by atoms with Gasteiger partial charge in [0.25, 0.3) is 0 Å². The number of aromatic nitrogens is 1. The number of nitrogens with one attached hydrogen (secondary N) is 1. The van der Waals surface area contributed by atoms with E-state index in [4.69, 9.17) is 0 Å². The summed E-state index contributed by atoms with van der Waals surface area (Å²) >= 11 is 0. The molecule has 0 aliphatic carbocycles. The average molecular weight is 285 g/mol. The molecule has 1 aliphatic rings. The fraction of sp³-hybridized carbons (Fsp3) is 0.375. The number of hydrogen-bond acceptors (Lipinski definition) is 4. The molecule has 1 unspecified atom stereocenters. The summed E-state index contributed by atoms with van der Waals surface area (Å²) in [4.78, 5) is 17.8. The highest BCUT2D eigenvalue weighted by Crippen LogP contribution is 2.17. The Morgan fingerprint density at radius 2 is 2.29 bits per heavy atom. The summed E-state index contributed by atoms with van der Waals surface area (Å²) in [6, 6.07) is 9.75. The predicted octanol–water partition coefficient (Wildman–Crippen LogP) is 1.40. The molecule has 0 amide bonds. The minimum atomic E-state index is -0.764. The number of nitrogens with zero attached hydrogens (tertiary/aromatic N) is 2. The molecule has 1 atom stereocenters. The van der Waals surface area contributed by atoms with Crippen LogP contribution in [0.3, 0.4) is 0 Å². The van der Waals surface area contributed by atoms with Gasteiger partial charge in [0, 0.05) is 37.3 Å². The standard InChI is InChI=1S/C16H19N3O2/c1-11-2-4-13-8-12(3-5-14(13)18-11)10-19-7-6-17-9-15(19)16(20)21/h2-5,8,15,17H,6-7,9-10H2,1H3,(H,20,21). The second-order valence-electron chi connectivity index (χ2n) is 5.51. The van der Waals surface area contributed by atoms with Gasteiger partial charge >= 0.3 is 5.97 Å². The maximum Gasteiger partial charge on any atom is 0.322 e. The third-order valence-electron chi connectivity index (χ3n) is 3.92. The normalized spacial score (nSPS) is 19.8. The fourth-order valence-corrected chi connectivity index (χ4v) is 2.79. The smallest absolute Gasteiger partial charge is 0.322 e. The Morgan fingerprint density at radius 3 is 3.10 bits per heavy atom. The van der Waals surface area contributed by atoms with Crippen molar-refractivity contribution in [3.05, 3.63) is 41.6 Å². The lowest BCUT2D eigenvalue weighted by atomic mass is 10.1. The van der Waals surface area contributed by atoms with E-state index in [1.807, 2.05) is 30.0 Å². The van der Waals surface area contributed by atoms with E-state index in [9.17, 15) is 9.90 Å². The van der Waals surface area contributed by atoms with Gasteiger partial charge in [-0.05, 0) is 30.7 Å². The minimum Gasteiger partial charge on any atom is -0.480 e. The second kappa shape index (κ2) is 5.79. The molecule has 1 fully saturated rings. The highest BCUT2D eigenvalue weighted by atomic mass is 16.4. The summed E-state index contributed by atoms with van der Waals surface area (Å²) in [7, 11) is 0. The molecule has 0 saturated carbocycles. The molecule has 0 bridgehead atoms. The van der Waals surface area contributed by atoms with Gasteiger partial charge in [-0.25, -0.2) is 0 Å². The molecule has 21 heavy (non-hydrogen) atoms. The van der Waals surface area contributed by atoms with Gasteiger partial charge in [-0.15, -0.1) is 0 Å². The van der Waals surface area contributed by atoms with Gasteiger partial charge in [-0.1, -0.05) is 12.1 Å². The molecule has 0 radical (unpaired) electrons. The van der Waals surface area contributed by atoms with Crippen molar-refractivity contribution < 1.29 is 9.90 Å². The molecule has 2 N–H and O–H groups in total. The summed E-state index contributed by atoms with van der Waals surface area (Å²) in [5, 5.41) is 13.5. The Kier molecular flexibility index (Phi) is 3.86. The van der Waals surface area contributed by atoms with Crippen molar-refractivity contribution in [1.29, 1.82) is 0 Å². The van der Waals surface area contributed by atoms with Crippen molar-refractivity contribution in [1.82, 2.24) is 15.2 Å². The van der Waals surface area contributed by atoms with E-state index >= 15 is 0 Å². The number of hydrogen-bond donors (Lipinski definition) is 2. The largest absolute Gasteiger partial charge is 0.480 e. The molecule has 110 valence electrons. The molecular weight excluding hydrogens is 266 g/mol. The maximum atomic E-state index is 11.3. The molecule has 2 heterocycles. The van der Waals surface area contributed by atoms with Crippen molar-refractivity contribution >= 4 is 16.9 Å². The minimum absolute atomic E-state index is 0.453. The Balaban J connectivity index is 1.83. The van der Waals surface area contributed by atoms with Gasteiger partial charge in [0.05, 0.1) is 5.52 Å². The zero-order chi connectivity index (χ0) is 14.8. The van der Waals surface area contributed by atoms with Crippen LogP contribution in [0, 0.1) is 6.92 Å². The zero-order valence-corrected chi connectivity index (χ0v) is 12.0. The molecule has 3 rings (SSSR count). The van der Waals surface area contributed by atoms with E-state index in [1.165, 1.54) is 0 Å². The van der Waals surface area contributed by atoms with Crippen LogP contribution < -0.4 is 5.32 Å². The second-order valence-corrected chi connectivity index (χ2v) is 5.51. The number of pyridine rings is 1. The zero-order valence-electron chi connectivity index (χ0n) is 12.0.